The fraction of sp³-hybridized carbons (Fsp3) is 0.700. The minimum absolute atomic E-state index is 0.0450. The Hall–Kier alpha value is -3.66. The Labute approximate surface area is 327 Å². The van der Waals surface area contributed by atoms with Gasteiger partial charge in [-0.3, -0.25) is 9.59 Å². The molecule has 2 saturated heterocycles. The molecule has 4 heterocycles. The molecule has 0 radical (unpaired) electrons. The Balaban J connectivity index is 0.000000300. The van der Waals surface area contributed by atoms with Crippen LogP contribution in [0.5, 0.6) is 11.8 Å². The normalized spacial score (nSPS) is 21.6. The number of hydrogen-bond donors (Lipinski definition) is 2. The molecule has 2 amide bonds. The highest BCUT2D eigenvalue weighted by atomic mass is 19.4. The Bertz CT molecular complexity index is 1470. The summed E-state index contributed by atoms with van der Waals surface area (Å²) in [5.74, 6) is 0.0180. The van der Waals surface area contributed by atoms with E-state index in [9.17, 15) is 35.9 Å². The molecular weight excluding hydrogens is 742 g/mol. The smallest absolute Gasteiger partial charge is 0.421 e. The predicted octanol–water partition coefficient (Wildman–Crippen LogP) is 7.20. The summed E-state index contributed by atoms with van der Waals surface area (Å²) in [6.07, 6.45) is -4.95. The van der Waals surface area contributed by atoms with E-state index in [4.69, 9.17) is 9.47 Å². The molecule has 2 aliphatic heterocycles. The SMILES string of the molecule is CC(C)[C@@H]1CN(C)CC[C@H]1NC(=O)C(C)(C)COc1ncccc1C(F)(F)F.CC(C)[C@H]1CN(C)CC[C@@H]1NC(=O)C(C)(C)COc1ncccc1C(F)(F)F. The molecular formula is C40H60F6N6O4. The van der Waals surface area contributed by atoms with Gasteiger partial charge in [-0.25, -0.2) is 9.97 Å². The van der Waals surface area contributed by atoms with Gasteiger partial charge in [0.25, 0.3) is 0 Å². The predicted molar refractivity (Wildman–Crippen MR) is 202 cm³/mol. The number of carbonyl (C=O) groups is 2. The number of rotatable bonds is 12. The maximum atomic E-state index is 13.1. The Kier molecular flexibility index (Phi) is 16.0. The van der Waals surface area contributed by atoms with Crippen molar-refractivity contribution in [3.05, 3.63) is 47.8 Å². The summed E-state index contributed by atoms with van der Waals surface area (Å²) in [7, 11) is 4.13. The number of hydrogen-bond acceptors (Lipinski definition) is 8. The second-order valence-corrected chi connectivity index (χ2v) is 17.1. The summed E-state index contributed by atoms with van der Waals surface area (Å²) < 4.78 is 89.2. The Morgan fingerprint density at radius 3 is 1.34 bits per heavy atom. The van der Waals surface area contributed by atoms with Crippen molar-refractivity contribution in [1.29, 1.82) is 0 Å². The number of amides is 2. The van der Waals surface area contributed by atoms with E-state index in [2.05, 4.69) is 72.2 Å². The second kappa shape index (κ2) is 19.2. The van der Waals surface area contributed by atoms with Gasteiger partial charge in [0, 0.05) is 37.6 Å². The van der Waals surface area contributed by atoms with Crippen molar-refractivity contribution < 1.29 is 45.4 Å². The summed E-state index contributed by atoms with van der Waals surface area (Å²) in [6.45, 7) is 18.4. The lowest BCUT2D eigenvalue weighted by Gasteiger charge is -2.40. The molecule has 2 aromatic rings. The average Bonchev–Trinajstić information content (AvgIpc) is 3.11. The van der Waals surface area contributed by atoms with Crippen LogP contribution in [0.2, 0.25) is 0 Å². The molecule has 16 heteroatoms. The zero-order valence-corrected chi connectivity index (χ0v) is 34.3. The minimum atomic E-state index is -4.56. The molecule has 4 atom stereocenters. The van der Waals surface area contributed by atoms with Gasteiger partial charge in [-0.1, -0.05) is 27.7 Å². The van der Waals surface area contributed by atoms with E-state index < -0.39 is 46.1 Å². The summed E-state index contributed by atoms with van der Waals surface area (Å²) in [4.78, 5) is 37.6. The number of ether oxygens (including phenoxy) is 2. The topological polar surface area (TPSA) is 109 Å². The van der Waals surface area contributed by atoms with Crippen molar-refractivity contribution in [1.82, 2.24) is 30.4 Å². The van der Waals surface area contributed by atoms with Crippen LogP contribution in [0.3, 0.4) is 0 Å². The van der Waals surface area contributed by atoms with Crippen LogP contribution >= 0.6 is 0 Å². The van der Waals surface area contributed by atoms with Gasteiger partial charge in [-0.05, 0) is 116 Å². The lowest BCUT2D eigenvalue weighted by Crippen LogP contribution is -2.54. The number of nitrogens with zero attached hydrogens (tertiary/aromatic N) is 4. The van der Waals surface area contributed by atoms with Gasteiger partial charge in [0.05, 0.1) is 10.8 Å². The standard InChI is InChI=1S/2C20H30F3N3O2/c2*1-13(2)14-11-26(5)10-8-16(14)25-18(27)19(3,4)12-28-17-15(20(21,22)23)7-6-9-24-17/h2*6-7,9,13-14,16H,8,10-12H2,1-5H3,(H,25,27)/t2*14-,16+/m10/s1. The van der Waals surface area contributed by atoms with Gasteiger partial charge < -0.3 is 29.9 Å². The minimum Gasteiger partial charge on any atom is -0.476 e. The summed E-state index contributed by atoms with van der Waals surface area (Å²) >= 11 is 0. The molecule has 4 rings (SSSR count). The molecule has 316 valence electrons. The van der Waals surface area contributed by atoms with Gasteiger partial charge >= 0.3 is 12.4 Å². The quantitative estimate of drug-likeness (QED) is 0.217. The van der Waals surface area contributed by atoms with E-state index in [0.29, 0.717) is 23.7 Å². The maximum Gasteiger partial charge on any atom is 0.421 e. The van der Waals surface area contributed by atoms with E-state index in [-0.39, 0.29) is 37.1 Å². The van der Waals surface area contributed by atoms with Crippen molar-refractivity contribution in [2.75, 3.05) is 53.5 Å². The van der Waals surface area contributed by atoms with Crippen molar-refractivity contribution in [3.63, 3.8) is 0 Å². The van der Waals surface area contributed by atoms with Crippen LogP contribution in [-0.4, -0.2) is 97.2 Å². The molecule has 10 nitrogen and oxygen atoms in total. The van der Waals surface area contributed by atoms with Gasteiger partial charge in [0.2, 0.25) is 23.6 Å². The van der Waals surface area contributed by atoms with Crippen LogP contribution in [0, 0.1) is 34.5 Å². The molecule has 0 aliphatic carbocycles. The lowest BCUT2D eigenvalue weighted by molar-refractivity contribution is -0.141. The first-order valence-corrected chi connectivity index (χ1v) is 19.1. The molecule has 56 heavy (non-hydrogen) atoms. The Morgan fingerprint density at radius 2 is 1.04 bits per heavy atom. The van der Waals surface area contributed by atoms with Crippen LogP contribution in [0.1, 0.15) is 79.4 Å². The van der Waals surface area contributed by atoms with E-state index in [1.165, 1.54) is 24.5 Å². The van der Waals surface area contributed by atoms with E-state index >= 15 is 0 Å². The number of aromatic nitrogens is 2. The van der Waals surface area contributed by atoms with Crippen LogP contribution in [0.25, 0.3) is 0 Å². The van der Waals surface area contributed by atoms with Gasteiger partial charge in [0.15, 0.2) is 0 Å². The van der Waals surface area contributed by atoms with Crippen LogP contribution in [0.15, 0.2) is 36.7 Å². The monoisotopic (exact) mass is 802 g/mol. The van der Waals surface area contributed by atoms with Gasteiger partial charge in [-0.15, -0.1) is 0 Å². The first-order chi connectivity index (χ1) is 25.8. The first kappa shape index (κ1) is 46.7. The fourth-order valence-electron chi connectivity index (χ4n) is 6.81. The summed E-state index contributed by atoms with van der Waals surface area (Å²) in [6, 6.07) is 4.34. The van der Waals surface area contributed by atoms with Crippen molar-refractivity contribution >= 4 is 11.8 Å². The Morgan fingerprint density at radius 1 is 0.696 bits per heavy atom. The fourth-order valence-corrected chi connectivity index (χ4v) is 6.81. The number of piperidine rings is 2. The maximum absolute atomic E-state index is 13.1. The largest absolute Gasteiger partial charge is 0.476 e. The molecule has 0 unspecified atom stereocenters. The number of halogens is 6. The second-order valence-electron chi connectivity index (χ2n) is 17.1. The third kappa shape index (κ3) is 13.2. The highest BCUT2D eigenvalue weighted by molar-refractivity contribution is 5.82. The molecule has 0 spiro atoms. The number of alkyl halides is 6. The van der Waals surface area contributed by atoms with Crippen molar-refractivity contribution in [2.24, 2.45) is 34.5 Å². The zero-order valence-electron chi connectivity index (χ0n) is 34.3. The highest BCUT2D eigenvalue weighted by Gasteiger charge is 2.40. The van der Waals surface area contributed by atoms with E-state index in [0.717, 1.165) is 51.2 Å². The average molecular weight is 803 g/mol. The number of nitrogens with one attached hydrogen (secondary N) is 2. The third-order valence-electron chi connectivity index (χ3n) is 10.6. The van der Waals surface area contributed by atoms with Crippen molar-refractivity contribution in [2.45, 2.75) is 92.7 Å². The van der Waals surface area contributed by atoms with E-state index in [1.54, 1.807) is 27.7 Å². The first-order valence-electron chi connectivity index (χ1n) is 19.1. The zero-order chi connectivity index (χ0) is 42.2. The van der Waals surface area contributed by atoms with Crippen LogP contribution < -0.4 is 20.1 Å². The molecule has 2 aromatic heterocycles. The summed E-state index contributed by atoms with van der Waals surface area (Å²) in [5.41, 5.74) is -3.88. The third-order valence-corrected chi connectivity index (χ3v) is 10.6. The van der Waals surface area contributed by atoms with Crippen LogP contribution in [-0.2, 0) is 21.9 Å². The van der Waals surface area contributed by atoms with Gasteiger partial charge in [-0.2, -0.15) is 26.3 Å². The number of carbonyl (C=O) groups excluding carboxylic acids is 2. The number of pyridine rings is 2. The molecule has 0 aromatic carbocycles. The van der Waals surface area contributed by atoms with Crippen molar-refractivity contribution in [3.8, 4) is 11.8 Å². The molecule has 0 saturated carbocycles. The van der Waals surface area contributed by atoms with E-state index in [1.807, 2.05) is 0 Å². The summed E-state index contributed by atoms with van der Waals surface area (Å²) in [5, 5.41) is 6.21. The van der Waals surface area contributed by atoms with Crippen LogP contribution in [0.4, 0.5) is 26.3 Å². The molecule has 2 N–H and O–H groups in total. The molecule has 2 fully saturated rings. The molecule has 2 aliphatic rings. The molecule has 0 bridgehead atoms. The van der Waals surface area contributed by atoms with Gasteiger partial charge in [0.1, 0.15) is 24.3 Å². The highest BCUT2D eigenvalue weighted by Crippen LogP contribution is 2.37. The number of likely N-dealkylation sites (tertiary alicyclic amines) is 2. The lowest BCUT2D eigenvalue weighted by atomic mass is 9.82.